The molecule has 2 aliphatic heterocycles. The summed E-state index contributed by atoms with van der Waals surface area (Å²) >= 11 is 0. The Morgan fingerprint density at radius 1 is 1.26 bits per heavy atom. The lowest BCUT2D eigenvalue weighted by molar-refractivity contribution is -0.161. The average Bonchev–Trinajstić information content (AvgIpc) is 3.18. The van der Waals surface area contributed by atoms with Crippen LogP contribution in [0, 0.1) is 5.92 Å². The van der Waals surface area contributed by atoms with Crippen LogP contribution in [-0.2, 0) is 14.3 Å². The summed E-state index contributed by atoms with van der Waals surface area (Å²) in [5.41, 5.74) is 0.604. The van der Waals surface area contributed by atoms with Crippen LogP contribution in [0.3, 0.4) is 0 Å². The van der Waals surface area contributed by atoms with Gasteiger partial charge in [0, 0.05) is 18.5 Å². The van der Waals surface area contributed by atoms with Gasteiger partial charge in [-0.25, -0.2) is 0 Å². The maximum Gasteiger partial charge on any atom is 0.311 e. The molecule has 148 valence electrons. The molecule has 2 bridgehead atoms. The number of hydrogen-bond donors (Lipinski definition) is 0. The molecule has 2 fully saturated rings. The highest BCUT2D eigenvalue weighted by Crippen LogP contribution is 2.43. The lowest BCUT2D eigenvalue weighted by Gasteiger charge is -2.27. The molecule has 2 heterocycles. The predicted octanol–water partition coefficient (Wildman–Crippen LogP) is 3.91. The monoisotopic (exact) mass is 373 g/mol. The molecule has 4 atom stereocenters. The first-order valence-electron chi connectivity index (χ1n) is 9.87. The highest BCUT2D eigenvalue weighted by molar-refractivity contribution is 5.82. The van der Waals surface area contributed by atoms with Crippen molar-refractivity contribution in [3.8, 4) is 5.75 Å². The number of carbonyl (C=O) groups is 2. The van der Waals surface area contributed by atoms with Crippen molar-refractivity contribution in [3.05, 3.63) is 29.8 Å². The first-order valence-corrected chi connectivity index (χ1v) is 9.87. The number of methoxy groups -OCH3 is 1. The molecule has 2 saturated heterocycles. The summed E-state index contributed by atoms with van der Waals surface area (Å²) in [7, 11) is 1.65. The zero-order chi connectivity index (χ0) is 19.8. The van der Waals surface area contributed by atoms with E-state index in [0.29, 0.717) is 6.42 Å². The first kappa shape index (κ1) is 19.7. The van der Waals surface area contributed by atoms with Crippen molar-refractivity contribution in [2.75, 3.05) is 7.11 Å². The van der Waals surface area contributed by atoms with E-state index in [2.05, 4.69) is 6.92 Å². The van der Waals surface area contributed by atoms with Crippen LogP contribution in [0.25, 0.3) is 0 Å². The number of benzene rings is 1. The molecule has 3 rings (SSSR count). The molecular weight excluding hydrogens is 342 g/mol. The van der Waals surface area contributed by atoms with Crippen LogP contribution in [0.5, 0.6) is 5.75 Å². The van der Waals surface area contributed by atoms with Gasteiger partial charge in [0.1, 0.15) is 11.4 Å². The molecule has 27 heavy (non-hydrogen) atoms. The van der Waals surface area contributed by atoms with Gasteiger partial charge in [0.25, 0.3) is 0 Å². The SMILES string of the molecule is COc1cccc([C@@H](C)CC(=O)N2[C@H]3CC[C@H]2[C@@H](C(=O)OC(C)(C)C)C3)c1. The molecule has 1 aromatic rings. The summed E-state index contributed by atoms with van der Waals surface area (Å²) in [6.07, 6.45) is 3.07. The third kappa shape index (κ3) is 4.28. The minimum Gasteiger partial charge on any atom is -0.497 e. The van der Waals surface area contributed by atoms with Crippen molar-refractivity contribution in [2.45, 2.75) is 77.0 Å². The number of esters is 1. The van der Waals surface area contributed by atoms with E-state index in [4.69, 9.17) is 9.47 Å². The van der Waals surface area contributed by atoms with Gasteiger partial charge in [0.05, 0.1) is 13.0 Å². The standard InChI is InChI=1S/C22H31NO4/c1-14(15-7-6-8-17(12-15)26-5)11-20(24)23-16-9-10-19(23)18(13-16)21(25)27-22(2,3)4/h6-8,12,14,16,18-19H,9-11,13H2,1-5H3/t14-,16-,18-,19-/m0/s1. The molecular formula is C22H31NO4. The summed E-state index contributed by atoms with van der Waals surface area (Å²) in [6.45, 7) is 7.72. The van der Waals surface area contributed by atoms with Crippen LogP contribution in [0.4, 0.5) is 0 Å². The van der Waals surface area contributed by atoms with Crippen LogP contribution in [0.2, 0.25) is 0 Å². The Balaban J connectivity index is 1.66. The molecule has 0 N–H and O–H groups in total. The number of nitrogens with zero attached hydrogens (tertiary/aromatic N) is 1. The number of hydrogen-bond acceptors (Lipinski definition) is 4. The van der Waals surface area contributed by atoms with Crippen LogP contribution in [-0.4, -0.2) is 41.6 Å². The fraction of sp³-hybridized carbons (Fsp3) is 0.636. The molecule has 0 spiro atoms. The predicted molar refractivity (Wildman–Crippen MR) is 104 cm³/mol. The zero-order valence-electron chi connectivity index (χ0n) is 17.0. The van der Waals surface area contributed by atoms with E-state index in [1.54, 1.807) is 7.11 Å². The van der Waals surface area contributed by atoms with E-state index in [1.807, 2.05) is 49.9 Å². The van der Waals surface area contributed by atoms with Gasteiger partial charge < -0.3 is 14.4 Å². The van der Waals surface area contributed by atoms with Crippen molar-refractivity contribution in [2.24, 2.45) is 5.92 Å². The Morgan fingerprint density at radius 3 is 2.67 bits per heavy atom. The van der Waals surface area contributed by atoms with Crippen LogP contribution in [0.15, 0.2) is 24.3 Å². The summed E-state index contributed by atoms with van der Waals surface area (Å²) in [6, 6.07) is 8.05. The van der Waals surface area contributed by atoms with Crippen LogP contribution >= 0.6 is 0 Å². The Bertz CT molecular complexity index is 709. The van der Waals surface area contributed by atoms with Gasteiger partial charge in [-0.3, -0.25) is 9.59 Å². The summed E-state index contributed by atoms with van der Waals surface area (Å²) in [4.78, 5) is 27.6. The molecule has 1 amide bonds. The number of carbonyl (C=O) groups excluding carboxylic acids is 2. The second-order valence-electron chi connectivity index (χ2n) is 8.86. The Morgan fingerprint density at radius 2 is 2.00 bits per heavy atom. The maximum absolute atomic E-state index is 13.0. The molecule has 5 nitrogen and oxygen atoms in total. The van der Waals surface area contributed by atoms with Crippen molar-refractivity contribution in [1.82, 2.24) is 4.90 Å². The number of amides is 1. The third-order valence-corrected chi connectivity index (χ3v) is 5.68. The quantitative estimate of drug-likeness (QED) is 0.734. The molecule has 2 aliphatic rings. The molecule has 0 unspecified atom stereocenters. The minimum absolute atomic E-state index is 0.00476. The molecule has 1 aromatic carbocycles. The normalized spacial score (nSPS) is 25.4. The van der Waals surface area contributed by atoms with Gasteiger partial charge in [-0.2, -0.15) is 0 Å². The number of fused-ring (bicyclic) bond motifs is 2. The molecule has 0 saturated carbocycles. The first-order chi connectivity index (χ1) is 12.7. The highest BCUT2D eigenvalue weighted by Gasteiger charge is 2.52. The van der Waals surface area contributed by atoms with Crippen molar-refractivity contribution in [1.29, 1.82) is 0 Å². The second-order valence-corrected chi connectivity index (χ2v) is 8.86. The third-order valence-electron chi connectivity index (χ3n) is 5.68. The minimum atomic E-state index is -0.491. The smallest absolute Gasteiger partial charge is 0.311 e. The van der Waals surface area contributed by atoms with Gasteiger partial charge in [-0.1, -0.05) is 19.1 Å². The van der Waals surface area contributed by atoms with Gasteiger partial charge >= 0.3 is 5.97 Å². The zero-order valence-corrected chi connectivity index (χ0v) is 17.0. The molecule has 0 radical (unpaired) electrons. The summed E-state index contributed by atoms with van der Waals surface area (Å²) < 4.78 is 10.9. The number of ether oxygens (including phenoxy) is 2. The van der Waals surface area contributed by atoms with Crippen LogP contribution in [0.1, 0.15) is 64.9 Å². The largest absolute Gasteiger partial charge is 0.497 e. The van der Waals surface area contributed by atoms with Gasteiger partial charge in [0.15, 0.2) is 0 Å². The highest BCUT2D eigenvalue weighted by atomic mass is 16.6. The van der Waals surface area contributed by atoms with E-state index in [1.165, 1.54) is 0 Å². The maximum atomic E-state index is 13.0. The van der Waals surface area contributed by atoms with Crippen molar-refractivity contribution >= 4 is 11.9 Å². The van der Waals surface area contributed by atoms with E-state index in [9.17, 15) is 9.59 Å². The Hall–Kier alpha value is -2.04. The summed E-state index contributed by atoms with van der Waals surface area (Å²) in [5.74, 6) is 0.710. The molecule has 0 aliphatic carbocycles. The molecule has 5 heteroatoms. The van der Waals surface area contributed by atoms with Crippen LogP contribution < -0.4 is 4.74 Å². The van der Waals surface area contributed by atoms with Gasteiger partial charge in [-0.15, -0.1) is 0 Å². The van der Waals surface area contributed by atoms with Crippen molar-refractivity contribution in [3.63, 3.8) is 0 Å². The fourth-order valence-electron chi connectivity index (χ4n) is 4.44. The van der Waals surface area contributed by atoms with E-state index < -0.39 is 5.60 Å². The second kappa shape index (κ2) is 7.53. The summed E-state index contributed by atoms with van der Waals surface area (Å²) in [5, 5.41) is 0. The van der Waals surface area contributed by atoms with Crippen molar-refractivity contribution < 1.29 is 19.1 Å². The lowest BCUT2D eigenvalue weighted by atomic mass is 9.89. The van der Waals surface area contributed by atoms with E-state index >= 15 is 0 Å². The Labute approximate surface area is 162 Å². The van der Waals surface area contributed by atoms with Gasteiger partial charge in [-0.05, 0) is 63.6 Å². The topological polar surface area (TPSA) is 55.8 Å². The van der Waals surface area contributed by atoms with E-state index in [0.717, 1.165) is 30.6 Å². The molecule has 0 aromatic heterocycles. The van der Waals surface area contributed by atoms with Gasteiger partial charge in [0.2, 0.25) is 5.91 Å². The van der Waals surface area contributed by atoms with E-state index in [-0.39, 0.29) is 35.8 Å². The lowest BCUT2D eigenvalue weighted by Crippen LogP contribution is -2.39. The number of rotatable bonds is 5. The average molecular weight is 373 g/mol. The fourth-order valence-corrected chi connectivity index (χ4v) is 4.44. The Kier molecular flexibility index (Phi) is 5.50.